The monoisotopic (exact) mass is 1770 g/mol. The Morgan fingerprint density at radius 2 is 0.775 bits per heavy atom. The number of unbranched alkanes of at least 4 members (excludes halogenated alkanes) is 1. The summed E-state index contributed by atoms with van der Waals surface area (Å²) in [5.41, 5.74) is 4.45. The van der Waals surface area contributed by atoms with E-state index in [2.05, 4.69) is 127 Å². The van der Waals surface area contributed by atoms with Crippen LogP contribution in [0.2, 0.25) is 0 Å². The molecule has 700 valence electrons. The van der Waals surface area contributed by atoms with E-state index in [4.69, 9.17) is 23.7 Å². The number of methoxy groups -OCH3 is 1. The third-order valence-electron chi connectivity index (χ3n) is 39.0. The smallest absolute Gasteiger partial charge is 0.311 e. The molecule has 8 fully saturated rings. The van der Waals surface area contributed by atoms with Crippen molar-refractivity contribution < 1.29 is 85.6 Å². The van der Waals surface area contributed by atoms with E-state index in [1.807, 2.05) is 49.4 Å². The van der Waals surface area contributed by atoms with Crippen molar-refractivity contribution in [3.05, 3.63) is 135 Å². The van der Waals surface area contributed by atoms with E-state index in [0.29, 0.717) is 136 Å². The minimum Gasteiger partial charge on any atom is -0.497 e. The van der Waals surface area contributed by atoms with Gasteiger partial charge in [-0.15, -0.1) is 0 Å². The van der Waals surface area contributed by atoms with Crippen molar-refractivity contribution in [2.24, 2.45) is 126 Å². The van der Waals surface area contributed by atoms with Crippen molar-refractivity contribution in [1.29, 1.82) is 0 Å². The second-order valence-electron chi connectivity index (χ2n) is 44.6. The molecule has 17 nitrogen and oxygen atoms in total. The molecular weight excluding hydrogens is 1620 g/mol. The molecule has 0 saturated heterocycles. The molecule has 0 spiro atoms. The topological polar surface area (TPSA) is 251 Å². The molecule has 16 aliphatic carbocycles. The number of ether oxygens (including phenoxy) is 5. The number of allylic oxidation sites excluding steroid dienone is 18. The highest BCUT2D eigenvalue weighted by atomic mass is 19.1. The second-order valence-corrected chi connectivity index (χ2v) is 44.6. The summed E-state index contributed by atoms with van der Waals surface area (Å²) in [7, 11) is 1.61. The van der Waals surface area contributed by atoms with Crippen molar-refractivity contribution in [3.8, 4) is 5.75 Å². The number of hydrogen-bond acceptors (Lipinski definition) is 17. The SMILES string of the molecule is CC(=O)[C@]1(OC(=O)CCCCF)CCC2C3C=C(C)C4=CC(=O)CC[C@]4(C)C3CC[C@@]21C.CCC(=O)O[C@@]1(C(C)=O)CCC2C3C=C(C)C4=CC(=O)C[C@H](C)[C@]4(C)C3CC[C@@]21C.CCCC(=O)O[C@@]1(C(C)=O)CCC2C3C=C(C)C4=CC(=O)C[C@H](C)[C@]4(C)C3CC[C@@]21C.COc1ccc(CC(=O)O[C@]2(C(C)=O)CCC3C4C=C(C)C5=CC(=O)C=C[C@]5(C)C4CC[C@@]32C)cc1. The predicted octanol–water partition coefficient (Wildman–Crippen LogP) is 22.1. The van der Waals surface area contributed by atoms with E-state index in [-0.39, 0.29) is 133 Å². The van der Waals surface area contributed by atoms with Crippen LogP contribution in [-0.4, -0.2) is 106 Å². The number of alkyl halides is 1. The molecule has 0 heterocycles. The molecule has 0 aliphatic heterocycles. The van der Waals surface area contributed by atoms with Crippen LogP contribution in [0, 0.1) is 126 Å². The summed E-state index contributed by atoms with van der Waals surface area (Å²) in [6.45, 7) is 40.6. The molecule has 0 N–H and O–H groups in total. The lowest BCUT2D eigenvalue weighted by Gasteiger charge is -2.59. The Bertz CT molecular complexity index is 5070. The number of carbonyl (C=O) groups is 12. The highest BCUT2D eigenvalue weighted by molar-refractivity contribution is 6.02. The average molecular weight is 1770 g/mol. The molecule has 1 aromatic rings. The van der Waals surface area contributed by atoms with Gasteiger partial charge in [-0.2, -0.15) is 0 Å². The molecule has 18 heteroatoms. The maximum atomic E-state index is 13.3. The summed E-state index contributed by atoms with van der Waals surface area (Å²) in [6, 6.07) is 7.36. The van der Waals surface area contributed by atoms with Gasteiger partial charge in [0.1, 0.15) is 5.75 Å². The van der Waals surface area contributed by atoms with Crippen LogP contribution in [0.25, 0.3) is 0 Å². The van der Waals surface area contributed by atoms with Crippen LogP contribution in [0.4, 0.5) is 4.39 Å². The van der Waals surface area contributed by atoms with Crippen molar-refractivity contribution in [2.45, 2.75) is 334 Å². The lowest BCUT2D eigenvalue weighted by molar-refractivity contribution is -0.187. The number of benzene rings is 1. The lowest BCUT2D eigenvalue weighted by atomic mass is 9.45. The molecule has 17 rings (SSSR count). The van der Waals surface area contributed by atoms with Gasteiger partial charge in [-0.05, 0) is 353 Å². The molecule has 0 radical (unpaired) electrons. The standard InChI is InChI=1S/C31H36O5.C27H37FO4.C27H38O4.C26H36O4/c1-19-16-24-25(29(3)13-10-22(33)18-27(19)29)11-14-30(4)26(24)12-15-31(30,20(2)32)36-28(34)17-21-6-8-23(35-5)9-7-21;1-17-15-20-21(25(3)11-8-19(30)16-23(17)25)9-12-26(4)22(20)10-13-27(26,18(2)29)32-24(31)7-5-6-14-28;1-7-8-24(30)31-27(18(4)28)12-10-21-20-13-16(2)23-15-19(29)14-17(3)26(23,6)22(20)9-11-25(21,27)5;1-7-23(29)30-26(17(4)27)11-9-20-19-12-15(2)22-14-18(28)13-16(3)25(22,6)21(19)8-10-24(20,26)5/h6-10,13,16,18,24-26H,11-12,14-15,17H2,1-5H3;15-16,20-22H,5-14H2,1-4H3;13,15,17,20-22H,7-12,14H2,1-6H3;12,14,16,19-21H,7-11,13H2,1-6H3/t24?,25?,26?,29-,30+,31+;20?,21?,22?,25-,26+,27-;17-,20?,21?,22?,25-,26+,27+;16-,19?,20?,21?,24-,25+,26+/m1100/s1. The highest BCUT2D eigenvalue weighted by Gasteiger charge is 2.73. The molecule has 12 unspecified atom stereocenters. The molecule has 0 amide bonds. The van der Waals surface area contributed by atoms with Crippen LogP contribution in [0.15, 0.2) is 130 Å². The van der Waals surface area contributed by atoms with E-state index in [1.54, 1.807) is 53.9 Å². The number of Topliss-reactive ketones (excluding diaryl/α,β-unsaturated/α-hetero) is 4. The number of rotatable bonds is 18. The molecule has 0 bridgehead atoms. The van der Waals surface area contributed by atoms with Gasteiger partial charge in [0.05, 0.1) is 20.2 Å². The number of ketones is 8. The molecule has 8 saturated carbocycles. The fourth-order valence-corrected chi connectivity index (χ4v) is 31.7. The van der Waals surface area contributed by atoms with Gasteiger partial charge in [-0.25, -0.2) is 0 Å². The van der Waals surface area contributed by atoms with Gasteiger partial charge in [-0.1, -0.05) is 148 Å². The molecular formula is C111H147FO17. The first-order valence-corrected chi connectivity index (χ1v) is 49.2. The van der Waals surface area contributed by atoms with Gasteiger partial charge in [0.2, 0.25) is 0 Å². The first-order valence-electron chi connectivity index (χ1n) is 49.2. The highest BCUT2D eigenvalue weighted by Crippen LogP contribution is 2.74. The maximum absolute atomic E-state index is 13.3. The van der Waals surface area contributed by atoms with Crippen LogP contribution < -0.4 is 4.74 Å². The molecule has 26 atom stereocenters. The summed E-state index contributed by atoms with van der Waals surface area (Å²) in [4.78, 5) is 152. The van der Waals surface area contributed by atoms with E-state index in [1.165, 1.54) is 33.4 Å². The summed E-state index contributed by atoms with van der Waals surface area (Å²) < 4.78 is 42.0. The van der Waals surface area contributed by atoms with E-state index < -0.39 is 39.9 Å². The number of hydrogen-bond donors (Lipinski definition) is 0. The minimum atomic E-state index is -1.11. The zero-order chi connectivity index (χ0) is 94.0. The van der Waals surface area contributed by atoms with Crippen LogP contribution in [0.5, 0.6) is 5.75 Å². The number of halogens is 1. The summed E-state index contributed by atoms with van der Waals surface area (Å²) >= 11 is 0. The largest absolute Gasteiger partial charge is 0.497 e. The fraction of sp³-hybridized carbons (Fsp3) is 0.676. The van der Waals surface area contributed by atoms with Gasteiger partial charge < -0.3 is 23.7 Å². The van der Waals surface area contributed by atoms with E-state index in [9.17, 15) is 61.9 Å². The average Bonchev–Trinajstić information content (AvgIpc) is 1.61. The number of carbonyl (C=O) groups excluding carboxylic acids is 12. The zero-order valence-electron chi connectivity index (χ0n) is 81.3. The van der Waals surface area contributed by atoms with Crippen LogP contribution in [-0.2, 0) is 82.9 Å². The third-order valence-corrected chi connectivity index (χ3v) is 39.0. The maximum Gasteiger partial charge on any atom is 0.311 e. The summed E-state index contributed by atoms with van der Waals surface area (Å²) in [5.74, 6) is 4.81. The Balaban J connectivity index is 0.000000139. The molecule has 129 heavy (non-hydrogen) atoms. The van der Waals surface area contributed by atoms with Crippen LogP contribution in [0.1, 0.15) is 311 Å². The predicted molar refractivity (Wildman–Crippen MR) is 494 cm³/mol. The Kier molecular flexibility index (Phi) is 26.5. The molecule has 0 aromatic heterocycles. The quantitative estimate of drug-likeness (QED) is 0.0752. The third kappa shape index (κ3) is 15.3. The Morgan fingerprint density at radius 3 is 1.19 bits per heavy atom. The van der Waals surface area contributed by atoms with Gasteiger partial charge >= 0.3 is 23.9 Å². The zero-order valence-corrected chi connectivity index (χ0v) is 81.3. The Labute approximate surface area is 766 Å². The first-order chi connectivity index (χ1) is 60.6. The fourth-order valence-electron chi connectivity index (χ4n) is 31.7. The number of fused-ring (bicyclic) bond motifs is 20. The number of esters is 4. The van der Waals surface area contributed by atoms with Gasteiger partial charge in [-0.3, -0.25) is 61.9 Å². The molecule has 1 aromatic carbocycles. The Morgan fingerprint density at radius 1 is 0.411 bits per heavy atom. The normalized spacial score (nSPS) is 41.3. The van der Waals surface area contributed by atoms with Crippen molar-refractivity contribution >= 4 is 70.1 Å². The Hall–Kier alpha value is -8.15. The van der Waals surface area contributed by atoms with E-state index >= 15 is 0 Å². The minimum absolute atomic E-state index is 0.000316. The van der Waals surface area contributed by atoms with Gasteiger partial charge in [0.25, 0.3) is 0 Å². The van der Waals surface area contributed by atoms with Crippen molar-refractivity contribution in [1.82, 2.24) is 0 Å². The lowest BCUT2D eigenvalue weighted by Crippen LogP contribution is -2.59. The van der Waals surface area contributed by atoms with Gasteiger partial charge in [0, 0.05) is 65.6 Å². The van der Waals surface area contributed by atoms with E-state index in [0.717, 1.165) is 112 Å². The van der Waals surface area contributed by atoms with Crippen LogP contribution in [0.3, 0.4) is 0 Å². The second kappa shape index (κ2) is 35.3. The summed E-state index contributed by atoms with van der Waals surface area (Å²) in [5, 5.41) is 0. The van der Waals surface area contributed by atoms with Crippen molar-refractivity contribution in [2.75, 3.05) is 13.8 Å². The van der Waals surface area contributed by atoms with Gasteiger partial charge in [0.15, 0.2) is 68.7 Å². The molecule has 16 aliphatic rings. The summed E-state index contributed by atoms with van der Waals surface area (Å²) in [6.07, 6.45) is 39.0. The van der Waals surface area contributed by atoms with Crippen molar-refractivity contribution in [3.63, 3.8) is 0 Å². The van der Waals surface area contributed by atoms with Crippen LogP contribution >= 0.6 is 0 Å². The first kappa shape index (κ1) is 96.9.